The Hall–Kier alpha value is -0.0900. The highest BCUT2D eigenvalue weighted by atomic mass is 31.2. The smallest absolute Gasteiger partial charge is 0.394 e. The van der Waals surface area contributed by atoms with Crippen LogP contribution in [0.4, 0.5) is 0 Å². The fraction of sp³-hybridized carbons (Fsp3) is 1.00. The number of aliphatic hydroxyl groups is 4. The summed E-state index contributed by atoms with van der Waals surface area (Å²) in [5.41, 5.74) is 0. The van der Waals surface area contributed by atoms with Crippen molar-refractivity contribution < 1.29 is 44.0 Å². The van der Waals surface area contributed by atoms with Crippen molar-refractivity contribution in [3.8, 4) is 0 Å². The zero-order chi connectivity index (χ0) is 12.5. The molecule has 9 nitrogen and oxygen atoms in total. The molecular formula is C6H13O9P. The van der Waals surface area contributed by atoms with Gasteiger partial charge in [0.05, 0.1) is 6.61 Å². The van der Waals surface area contributed by atoms with E-state index in [2.05, 4.69) is 9.26 Å². The lowest BCUT2D eigenvalue weighted by molar-refractivity contribution is -0.283. The van der Waals surface area contributed by atoms with Crippen LogP contribution < -0.4 is 0 Å². The van der Waals surface area contributed by atoms with Gasteiger partial charge in [0, 0.05) is 0 Å². The topological polar surface area (TPSA) is 157 Å². The number of hydrogen-bond acceptors (Lipinski definition) is 7. The highest BCUT2D eigenvalue weighted by Crippen LogP contribution is 2.41. The van der Waals surface area contributed by atoms with Crippen molar-refractivity contribution in [2.24, 2.45) is 0 Å². The van der Waals surface area contributed by atoms with E-state index in [1.807, 2.05) is 0 Å². The summed E-state index contributed by atoms with van der Waals surface area (Å²) in [5.74, 6) is 0. The molecule has 0 amide bonds. The van der Waals surface area contributed by atoms with Crippen molar-refractivity contribution in [3.05, 3.63) is 0 Å². The minimum Gasteiger partial charge on any atom is -0.394 e. The van der Waals surface area contributed by atoms with Gasteiger partial charge in [-0.15, -0.1) is 0 Å². The molecule has 0 aromatic rings. The maximum absolute atomic E-state index is 10.6. The molecule has 10 heteroatoms. The molecule has 0 aromatic carbocycles. The first-order chi connectivity index (χ1) is 7.26. The maximum atomic E-state index is 10.6. The number of phosphoric acid groups is 1. The van der Waals surface area contributed by atoms with Gasteiger partial charge in [-0.3, -0.25) is 4.52 Å². The van der Waals surface area contributed by atoms with Gasteiger partial charge in [0.2, 0.25) is 0 Å². The molecule has 96 valence electrons. The number of ether oxygens (including phenoxy) is 1. The predicted octanol–water partition coefficient (Wildman–Crippen LogP) is -3.10. The van der Waals surface area contributed by atoms with E-state index in [4.69, 9.17) is 20.0 Å². The van der Waals surface area contributed by atoms with Gasteiger partial charge >= 0.3 is 7.82 Å². The largest absolute Gasteiger partial charge is 0.470 e. The Balaban J connectivity index is 2.81. The molecule has 1 rings (SSSR count). The molecule has 1 aliphatic heterocycles. The van der Waals surface area contributed by atoms with Gasteiger partial charge in [0.1, 0.15) is 24.4 Å². The summed E-state index contributed by atoms with van der Waals surface area (Å²) in [5, 5.41) is 36.5. The van der Waals surface area contributed by atoms with Crippen LogP contribution in [0.25, 0.3) is 0 Å². The fourth-order valence-corrected chi connectivity index (χ4v) is 1.93. The first-order valence-electron chi connectivity index (χ1n) is 4.30. The molecule has 0 bridgehead atoms. The summed E-state index contributed by atoms with van der Waals surface area (Å²) in [6.07, 6.45) is -8.30. The molecular weight excluding hydrogens is 247 g/mol. The van der Waals surface area contributed by atoms with E-state index in [0.29, 0.717) is 0 Å². The van der Waals surface area contributed by atoms with Crippen molar-refractivity contribution in [1.82, 2.24) is 0 Å². The highest BCUT2D eigenvalue weighted by molar-refractivity contribution is 7.46. The lowest BCUT2D eigenvalue weighted by Gasteiger charge is -2.39. The summed E-state index contributed by atoms with van der Waals surface area (Å²) in [7, 11) is -4.91. The van der Waals surface area contributed by atoms with Crippen LogP contribution in [0.3, 0.4) is 0 Å². The van der Waals surface area contributed by atoms with Crippen molar-refractivity contribution in [1.29, 1.82) is 0 Å². The quantitative estimate of drug-likeness (QED) is 0.289. The van der Waals surface area contributed by atoms with Crippen LogP contribution in [0, 0.1) is 0 Å². The minimum absolute atomic E-state index is 0.745. The first kappa shape index (κ1) is 14.0. The third-order valence-corrected chi connectivity index (χ3v) is 2.62. The second-order valence-corrected chi connectivity index (χ2v) is 4.48. The van der Waals surface area contributed by atoms with Crippen LogP contribution in [0.5, 0.6) is 0 Å². The standard InChI is InChI=1S/C6H13O9P/c7-1-2-5(15-16(11,12)13)3(8)4(9)6(10)14-2/h2-10H,1H2,(H2,11,12,13)/t2-,3-,4-,5-,6?/m1/s1. The zero-order valence-corrected chi connectivity index (χ0v) is 8.84. The van der Waals surface area contributed by atoms with E-state index in [9.17, 15) is 14.8 Å². The lowest BCUT2D eigenvalue weighted by atomic mass is 9.99. The molecule has 1 saturated heterocycles. The molecule has 0 radical (unpaired) electrons. The molecule has 0 spiro atoms. The highest BCUT2D eigenvalue weighted by Gasteiger charge is 2.46. The lowest BCUT2D eigenvalue weighted by Crippen LogP contribution is -2.59. The molecule has 5 atom stereocenters. The van der Waals surface area contributed by atoms with Crippen LogP contribution in [0.2, 0.25) is 0 Å². The second-order valence-electron chi connectivity index (χ2n) is 3.29. The third-order valence-electron chi connectivity index (χ3n) is 2.10. The second kappa shape index (κ2) is 5.05. The van der Waals surface area contributed by atoms with E-state index in [-0.39, 0.29) is 0 Å². The molecule has 16 heavy (non-hydrogen) atoms. The van der Waals surface area contributed by atoms with E-state index in [0.717, 1.165) is 0 Å². The first-order valence-corrected chi connectivity index (χ1v) is 5.83. The number of hydrogen-bond donors (Lipinski definition) is 6. The van der Waals surface area contributed by atoms with Crippen LogP contribution in [0.15, 0.2) is 0 Å². The third kappa shape index (κ3) is 3.20. The summed E-state index contributed by atoms with van der Waals surface area (Å²) < 4.78 is 19.4. The van der Waals surface area contributed by atoms with E-state index >= 15 is 0 Å². The van der Waals surface area contributed by atoms with Gasteiger partial charge in [-0.2, -0.15) is 0 Å². The van der Waals surface area contributed by atoms with Crippen LogP contribution in [-0.4, -0.2) is 67.5 Å². The van der Waals surface area contributed by atoms with E-state index < -0.39 is 45.1 Å². The normalized spacial score (nSPS) is 41.0. The average Bonchev–Trinajstić information content (AvgIpc) is 2.17. The number of phosphoric ester groups is 1. The Labute approximate surface area is 90.1 Å². The molecule has 6 N–H and O–H groups in total. The number of rotatable bonds is 3. The average molecular weight is 260 g/mol. The molecule has 1 aliphatic rings. The monoisotopic (exact) mass is 260 g/mol. The summed E-state index contributed by atoms with van der Waals surface area (Å²) in [6.45, 7) is -0.745. The summed E-state index contributed by atoms with van der Waals surface area (Å²) >= 11 is 0. The molecule has 0 aliphatic carbocycles. The Morgan fingerprint density at radius 1 is 1.19 bits per heavy atom. The van der Waals surface area contributed by atoms with Crippen molar-refractivity contribution in [2.45, 2.75) is 30.7 Å². The minimum atomic E-state index is -4.91. The van der Waals surface area contributed by atoms with Gasteiger partial charge < -0.3 is 34.9 Å². The Bertz CT molecular complexity index is 275. The van der Waals surface area contributed by atoms with Gasteiger partial charge in [-0.25, -0.2) is 4.57 Å². The fourth-order valence-electron chi connectivity index (χ4n) is 1.36. The molecule has 0 aromatic heterocycles. The molecule has 0 saturated carbocycles. The number of aliphatic hydroxyl groups excluding tert-OH is 4. The van der Waals surface area contributed by atoms with Crippen LogP contribution in [-0.2, 0) is 13.8 Å². The molecule has 1 fully saturated rings. The van der Waals surface area contributed by atoms with Gasteiger partial charge in [-0.1, -0.05) is 0 Å². The van der Waals surface area contributed by atoms with Gasteiger partial charge in [-0.05, 0) is 0 Å². The summed E-state index contributed by atoms with van der Waals surface area (Å²) in [6, 6.07) is 0. The van der Waals surface area contributed by atoms with Crippen LogP contribution in [0.1, 0.15) is 0 Å². The zero-order valence-electron chi connectivity index (χ0n) is 7.95. The van der Waals surface area contributed by atoms with Crippen LogP contribution >= 0.6 is 7.82 Å². The van der Waals surface area contributed by atoms with Crippen molar-refractivity contribution in [3.63, 3.8) is 0 Å². The predicted molar refractivity (Wildman–Crippen MR) is 46.9 cm³/mol. The van der Waals surface area contributed by atoms with Gasteiger partial charge in [0.15, 0.2) is 6.29 Å². The molecule has 1 unspecified atom stereocenters. The Morgan fingerprint density at radius 3 is 2.19 bits per heavy atom. The van der Waals surface area contributed by atoms with E-state index in [1.165, 1.54) is 0 Å². The SMILES string of the molecule is O=P(O)(O)O[C@H]1[C@H](O)[C@@H](O)C(O)O[C@@H]1CO. The molecule has 1 heterocycles. The van der Waals surface area contributed by atoms with Crippen molar-refractivity contribution in [2.75, 3.05) is 6.61 Å². The Morgan fingerprint density at radius 2 is 1.75 bits per heavy atom. The van der Waals surface area contributed by atoms with E-state index in [1.54, 1.807) is 0 Å². The maximum Gasteiger partial charge on any atom is 0.470 e. The summed E-state index contributed by atoms with van der Waals surface area (Å²) in [4.78, 5) is 17.1. The Kier molecular flexibility index (Phi) is 4.41. The van der Waals surface area contributed by atoms with Crippen molar-refractivity contribution >= 4 is 7.82 Å². The van der Waals surface area contributed by atoms with Gasteiger partial charge in [0.25, 0.3) is 0 Å².